The number of methoxy groups -OCH3 is 1. The molecule has 0 bridgehead atoms. The van der Waals surface area contributed by atoms with Crippen LogP contribution in [0.4, 0.5) is 0 Å². The molecule has 3 nitrogen and oxygen atoms in total. The summed E-state index contributed by atoms with van der Waals surface area (Å²) in [5.74, 6) is -0.141. The van der Waals surface area contributed by atoms with Crippen LogP contribution >= 0.6 is 11.3 Å². The lowest BCUT2D eigenvalue weighted by Crippen LogP contribution is -2.21. The van der Waals surface area contributed by atoms with Crippen LogP contribution in [0, 0.1) is 0 Å². The number of nitrogens with zero attached hydrogens (tertiary/aromatic N) is 1. The van der Waals surface area contributed by atoms with Gasteiger partial charge in [0.1, 0.15) is 10.4 Å². The Bertz CT molecular complexity index is 290. The van der Waals surface area contributed by atoms with E-state index in [9.17, 15) is 4.79 Å². The van der Waals surface area contributed by atoms with E-state index < -0.39 is 0 Å². The Balaban J connectivity index is 2.28. The van der Waals surface area contributed by atoms with Crippen LogP contribution in [-0.4, -0.2) is 18.1 Å². The predicted molar refractivity (Wildman–Crippen MR) is 45.0 cm³/mol. The molecular weight excluding hydrogens is 174 g/mol. The van der Waals surface area contributed by atoms with E-state index in [0.717, 1.165) is 17.8 Å². The van der Waals surface area contributed by atoms with Gasteiger partial charge in [0, 0.05) is 11.6 Å². The predicted octanol–water partition coefficient (Wildman–Crippen LogP) is 1.35. The summed E-state index contributed by atoms with van der Waals surface area (Å²) in [4.78, 5) is 15.5. The Morgan fingerprint density at radius 2 is 2.50 bits per heavy atom. The van der Waals surface area contributed by atoms with Gasteiger partial charge in [-0.15, -0.1) is 11.3 Å². The molecule has 12 heavy (non-hydrogen) atoms. The molecule has 0 spiro atoms. The van der Waals surface area contributed by atoms with Gasteiger partial charge in [0.2, 0.25) is 0 Å². The fraction of sp³-hybridized carbons (Fsp3) is 0.500. The highest BCUT2D eigenvalue weighted by Crippen LogP contribution is 2.49. The molecule has 0 aliphatic heterocycles. The smallest absolute Gasteiger partial charge is 0.318 e. The summed E-state index contributed by atoms with van der Waals surface area (Å²) in [7, 11) is 1.43. The number of ether oxygens (including phenoxy) is 1. The number of carbonyl (C=O) groups excluding carboxylic acids is 1. The Labute approximate surface area is 74.4 Å². The zero-order valence-corrected chi connectivity index (χ0v) is 7.56. The van der Waals surface area contributed by atoms with E-state index in [4.69, 9.17) is 4.74 Å². The van der Waals surface area contributed by atoms with Crippen LogP contribution in [0.1, 0.15) is 17.8 Å². The molecule has 1 aliphatic carbocycles. The summed E-state index contributed by atoms with van der Waals surface area (Å²) in [6, 6.07) is 0. The molecule has 4 heteroatoms. The highest BCUT2D eigenvalue weighted by atomic mass is 32.1. The standard InChI is InChI=1S/C8H9NO2S/c1-11-7(10)8(2-3-8)6-9-4-5-12-6/h4-5H,2-3H2,1H3. The Hall–Kier alpha value is -0.900. The number of esters is 1. The quantitative estimate of drug-likeness (QED) is 0.650. The lowest BCUT2D eigenvalue weighted by molar-refractivity contribution is -0.143. The molecule has 0 atom stereocenters. The van der Waals surface area contributed by atoms with Crippen molar-refractivity contribution in [2.24, 2.45) is 0 Å². The SMILES string of the molecule is COC(=O)C1(c2nccs2)CC1. The third-order valence-electron chi connectivity index (χ3n) is 2.17. The zero-order chi connectivity index (χ0) is 8.60. The Morgan fingerprint density at radius 3 is 2.92 bits per heavy atom. The minimum Gasteiger partial charge on any atom is -0.468 e. The van der Waals surface area contributed by atoms with Crippen molar-refractivity contribution in [1.82, 2.24) is 4.98 Å². The van der Waals surface area contributed by atoms with Gasteiger partial charge in [-0.2, -0.15) is 0 Å². The first-order valence-electron chi connectivity index (χ1n) is 3.78. The van der Waals surface area contributed by atoms with E-state index >= 15 is 0 Å². The average Bonchev–Trinajstić information content (AvgIpc) is 2.73. The van der Waals surface area contributed by atoms with Gasteiger partial charge in [0.15, 0.2) is 0 Å². The molecule has 64 valence electrons. The van der Waals surface area contributed by atoms with Crippen LogP contribution in [0.2, 0.25) is 0 Å². The van der Waals surface area contributed by atoms with Gasteiger partial charge in [-0.1, -0.05) is 0 Å². The summed E-state index contributed by atoms with van der Waals surface area (Å²) in [5.41, 5.74) is -0.372. The molecule has 0 aromatic carbocycles. The van der Waals surface area contributed by atoms with Crippen molar-refractivity contribution < 1.29 is 9.53 Å². The van der Waals surface area contributed by atoms with Crippen molar-refractivity contribution in [2.75, 3.05) is 7.11 Å². The summed E-state index contributed by atoms with van der Waals surface area (Å²) >= 11 is 1.52. The van der Waals surface area contributed by atoms with Gasteiger partial charge in [0.25, 0.3) is 0 Å². The van der Waals surface area contributed by atoms with E-state index in [1.807, 2.05) is 5.38 Å². The van der Waals surface area contributed by atoms with E-state index in [1.165, 1.54) is 18.4 Å². The number of hydrogen-bond donors (Lipinski definition) is 0. The minimum absolute atomic E-state index is 0.141. The number of rotatable bonds is 2. The summed E-state index contributed by atoms with van der Waals surface area (Å²) < 4.78 is 4.73. The number of thiazole rings is 1. The normalized spacial score (nSPS) is 18.8. The lowest BCUT2D eigenvalue weighted by atomic mass is 10.1. The Kier molecular flexibility index (Phi) is 1.65. The molecule has 1 heterocycles. The van der Waals surface area contributed by atoms with E-state index in [-0.39, 0.29) is 11.4 Å². The lowest BCUT2D eigenvalue weighted by Gasteiger charge is -2.07. The van der Waals surface area contributed by atoms with Crippen molar-refractivity contribution in [3.05, 3.63) is 16.6 Å². The van der Waals surface area contributed by atoms with Gasteiger partial charge in [-0.05, 0) is 12.8 Å². The second-order valence-corrected chi connectivity index (χ2v) is 3.81. The monoisotopic (exact) mass is 183 g/mol. The largest absolute Gasteiger partial charge is 0.468 e. The molecule has 0 amide bonds. The van der Waals surface area contributed by atoms with Gasteiger partial charge in [-0.25, -0.2) is 4.98 Å². The fourth-order valence-corrected chi connectivity index (χ4v) is 2.17. The van der Waals surface area contributed by atoms with Crippen molar-refractivity contribution in [3.63, 3.8) is 0 Å². The van der Waals surface area contributed by atoms with Crippen molar-refractivity contribution in [3.8, 4) is 0 Å². The number of carbonyl (C=O) groups is 1. The maximum Gasteiger partial charge on any atom is 0.318 e. The van der Waals surface area contributed by atoms with Gasteiger partial charge in [-0.3, -0.25) is 4.79 Å². The maximum absolute atomic E-state index is 11.3. The van der Waals surface area contributed by atoms with Crippen LogP contribution in [0.3, 0.4) is 0 Å². The molecule has 0 N–H and O–H groups in total. The topological polar surface area (TPSA) is 39.2 Å². The van der Waals surface area contributed by atoms with Crippen LogP contribution in [0.15, 0.2) is 11.6 Å². The summed E-state index contributed by atoms with van der Waals surface area (Å²) in [6.07, 6.45) is 3.49. The second-order valence-electron chi connectivity index (χ2n) is 2.91. The van der Waals surface area contributed by atoms with Crippen LogP contribution in [-0.2, 0) is 14.9 Å². The van der Waals surface area contributed by atoms with Crippen molar-refractivity contribution >= 4 is 17.3 Å². The first kappa shape index (κ1) is 7.73. The van der Waals surface area contributed by atoms with Crippen LogP contribution in [0.25, 0.3) is 0 Å². The fourth-order valence-electron chi connectivity index (χ4n) is 1.29. The first-order chi connectivity index (χ1) is 5.79. The van der Waals surface area contributed by atoms with E-state index in [0.29, 0.717) is 0 Å². The Morgan fingerprint density at radius 1 is 1.75 bits per heavy atom. The van der Waals surface area contributed by atoms with E-state index in [2.05, 4.69) is 4.98 Å². The maximum atomic E-state index is 11.3. The molecule has 0 radical (unpaired) electrons. The highest BCUT2D eigenvalue weighted by Gasteiger charge is 2.54. The molecule has 1 fully saturated rings. The first-order valence-corrected chi connectivity index (χ1v) is 4.66. The van der Waals surface area contributed by atoms with Gasteiger partial charge < -0.3 is 4.74 Å². The average molecular weight is 183 g/mol. The van der Waals surface area contributed by atoms with Crippen LogP contribution in [0.5, 0.6) is 0 Å². The summed E-state index contributed by atoms with van der Waals surface area (Å²) in [6.45, 7) is 0. The van der Waals surface area contributed by atoms with Crippen molar-refractivity contribution in [1.29, 1.82) is 0 Å². The van der Waals surface area contributed by atoms with Crippen molar-refractivity contribution in [2.45, 2.75) is 18.3 Å². The second kappa shape index (κ2) is 2.55. The number of aromatic nitrogens is 1. The molecular formula is C8H9NO2S. The molecule has 1 saturated carbocycles. The van der Waals surface area contributed by atoms with Gasteiger partial charge >= 0.3 is 5.97 Å². The zero-order valence-electron chi connectivity index (χ0n) is 6.74. The van der Waals surface area contributed by atoms with Gasteiger partial charge in [0.05, 0.1) is 7.11 Å². The molecule has 2 rings (SSSR count). The minimum atomic E-state index is -0.372. The van der Waals surface area contributed by atoms with Crippen LogP contribution < -0.4 is 0 Å². The third kappa shape index (κ3) is 0.948. The summed E-state index contributed by atoms with van der Waals surface area (Å²) in [5, 5.41) is 2.78. The third-order valence-corrected chi connectivity index (χ3v) is 3.15. The molecule has 0 saturated heterocycles. The molecule has 1 aromatic heterocycles. The van der Waals surface area contributed by atoms with E-state index in [1.54, 1.807) is 6.20 Å². The number of hydrogen-bond acceptors (Lipinski definition) is 4. The molecule has 1 aromatic rings. The molecule has 0 unspecified atom stereocenters. The highest BCUT2D eigenvalue weighted by molar-refractivity contribution is 7.09. The molecule has 1 aliphatic rings.